The van der Waals surface area contributed by atoms with Gasteiger partial charge in [0.1, 0.15) is 17.1 Å². The van der Waals surface area contributed by atoms with Crippen molar-refractivity contribution in [3.8, 4) is 5.75 Å². The van der Waals surface area contributed by atoms with Gasteiger partial charge in [0.2, 0.25) is 0 Å². The summed E-state index contributed by atoms with van der Waals surface area (Å²) in [4.78, 5) is 4.59. The number of hydrogen-bond acceptors (Lipinski definition) is 4. The summed E-state index contributed by atoms with van der Waals surface area (Å²) >= 11 is 3.37. The Hall–Kier alpha value is -1.62. The molecule has 0 saturated carbocycles. The van der Waals surface area contributed by atoms with Gasteiger partial charge in [-0.3, -0.25) is 4.99 Å². The van der Waals surface area contributed by atoms with Crippen LogP contribution in [0.1, 0.15) is 36.3 Å². The number of halogens is 1. The zero-order chi connectivity index (χ0) is 14.3. The first-order valence-electron chi connectivity index (χ1n) is 6.53. The van der Waals surface area contributed by atoms with E-state index in [1.165, 1.54) is 0 Å². The van der Waals surface area contributed by atoms with E-state index in [2.05, 4.69) is 26.1 Å². The zero-order valence-electron chi connectivity index (χ0n) is 11.4. The van der Waals surface area contributed by atoms with Crippen LogP contribution in [-0.4, -0.2) is 16.0 Å². The maximum atomic E-state index is 10.2. The lowest BCUT2D eigenvalue weighted by atomic mass is 9.89. The van der Waals surface area contributed by atoms with Crippen molar-refractivity contribution in [3.05, 3.63) is 39.7 Å². The minimum atomic E-state index is 0.143. The normalized spacial score (nSPS) is 18.4. The van der Waals surface area contributed by atoms with Gasteiger partial charge in [0.15, 0.2) is 5.76 Å². The van der Waals surface area contributed by atoms with E-state index >= 15 is 0 Å². The maximum Gasteiger partial charge on any atom is 0.163 e. The van der Waals surface area contributed by atoms with Crippen molar-refractivity contribution in [2.24, 2.45) is 4.99 Å². The Kier molecular flexibility index (Phi) is 3.38. The van der Waals surface area contributed by atoms with Crippen molar-refractivity contribution < 1.29 is 9.63 Å². The van der Waals surface area contributed by atoms with Crippen LogP contribution in [0.3, 0.4) is 0 Å². The summed E-state index contributed by atoms with van der Waals surface area (Å²) < 4.78 is 6.10. The van der Waals surface area contributed by atoms with E-state index in [1.807, 2.05) is 32.0 Å². The lowest BCUT2D eigenvalue weighted by Crippen LogP contribution is -2.06. The number of rotatable bonds is 1. The third-order valence-electron chi connectivity index (χ3n) is 3.63. The van der Waals surface area contributed by atoms with Crippen molar-refractivity contribution in [2.45, 2.75) is 32.6 Å². The molecular formula is C15H15BrN2O2. The first-order valence-corrected chi connectivity index (χ1v) is 7.32. The molecule has 20 heavy (non-hydrogen) atoms. The van der Waals surface area contributed by atoms with Crippen LogP contribution < -0.4 is 0 Å². The molecule has 1 aliphatic rings. The zero-order valence-corrected chi connectivity index (χ0v) is 12.9. The highest BCUT2D eigenvalue weighted by Gasteiger charge is 2.26. The maximum absolute atomic E-state index is 10.2. The number of nitrogens with zero attached hydrogens (tertiary/aromatic N) is 2. The average Bonchev–Trinajstić information content (AvgIpc) is 2.65. The highest BCUT2D eigenvalue weighted by atomic mass is 79.9. The molecule has 1 aromatic carbocycles. The highest BCUT2D eigenvalue weighted by molar-refractivity contribution is 9.10. The second-order valence-corrected chi connectivity index (χ2v) is 6.02. The van der Waals surface area contributed by atoms with Crippen molar-refractivity contribution >= 4 is 27.3 Å². The topological polar surface area (TPSA) is 58.6 Å². The Labute approximate surface area is 125 Å². The Morgan fingerprint density at radius 3 is 2.90 bits per heavy atom. The molecule has 0 saturated heterocycles. The highest BCUT2D eigenvalue weighted by Crippen LogP contribution is 2.40. The fourth-order valence-corrected chi connectivity index (χ4v) is 3.04. The summed E-state index contributed by atoms with van der Waals surface area (Å²) in [5, 5.41) is 14.2. The Morgan fingerprint density at radius 2 is 2.10 bits per heavy atom. The van der Waals surface area contributed by atoms with Crippen molar-refractivity contribution in [1.82, 2.24) is 5.16 Å². The molecular weight excluding hydrogens is 320 g/mol. The summed E-state index contributed by atoms with van der Waals surface area (Å²) in [5.41, 5.74) is 3.60. The van der Waals surface area contributed by atoms with E-state index in [-0.39, 0.29) is 5.92 Å². The number of fused-ring (bicyclic) bond motifs is 1. The first kappa shape index (κ1) is 13.4. The predicted molar refractivity (Wildman–Crippen MR) is 80.9 cm³/mol. The third kappa shape index (κ3) is 2.26. The van der Waals surface area contributed by atoms with Gasteiger partial charge in [0, 0.05) is 12.1 Å². The van der Waals surface area contributed by atoms with E-state index in [1.54, 1.807) is 0 Å². The van der Waals surface area contributed by atoms with E-state index < -0.39 is 0 Å². The molecule has 1 atom stereocenters. The molecule has 104 valence electrons. The molecule has 3 rings (SSSR count). The number of para-hydroxylation sites is 1. The standard InChI is InChI=1S/C15H15BrN2O2/c1-8-6-10(11-4-3-5-12(16)15(11)19)7-13-14(17-8)9(2)18-20-13/h3-5,10,19H,6-7H2,1-2H3. The van der Waals surface area contributed by atoms with Gasteiger partial charge in [-0.1, -0.05) is 17.3 Å². The van der Waals surface area contributed by atoms with Crippen LogP contribution in [-0.2, 0) is 6.42 Å². The Bertz CT molecular complexity index is 691. The second-order valence-electron chi connectivity index (χ2n) is 5.17. The molecule has 0 amide bonds. The summed E-state index contributed by atoms with van der Waals surface area (Å²) in [7, 11) is 0. The van der Waals surface area contributed by atoms with Gasteiger partial charge < -0.3 is 9.63 Å². The van der Waals surface area contributed by atoms with Crippen LogP contribution in [0.15, 0.2) is 32.2 Å². The van der Waals surface area contributed by atoms with Gasteiger partial charge in [0.25, 0.3) is 0 Å². The largest absolute Gasteiger partial charge is 0.506 e. The molecule has 0 fully saturated rings. The molecule has 1 aliphatic heterocycles. The third-order valence-corrected chi connectivity index (χ3v) is 4.27. The van der Waals surface area contributed by atoms with Gasteiger partial charge in [-0.2, -0.15) is 0 Å². The molecule has 0 aliphatic carbocycles. The molecule has 5 heteroatoms. The van der Waals surface area contributed by atoms with Crippen LogP contribution in [0.25, 0.3) is 0 Å². The Morgan fingerprint density at radius 1 is 1.30 bits per heavy atom. The molecule has 1 aromatic heterocycles. The monoisotopic (exact) mass is 334 g/mol. The van der Waals surface area contributed by atoms with Crippen LogP contribution >= 0.6 is 15.9 Å². The fourth-order valence-electron chi connectivity index (χ4n) is 2.66. The molecule has 4 nitrogen and oxygen atoms in total. The quantitative estimate of drug-likeness (QED) is 0.846. The van der Waals surface area contributed by atoms with Crippen molar-refractivity contribution in [1.29, 1.82) is 0 Å². The van der Waals surface area contributed by atoms with Gasteiger partial charge in [-0.25, -0.2) is 0 Å². The van der Waals surface area contributed by atoms with Gasteiger partial charge in [-0.15, -0.1) is 0 Å². The SMILES string of the molecule is CC1=Nc2c(C)noc2CC(c2cccc(Br)c2O)C1. The number of phenolic OH excluding ortho intramolecular Hbond substituents is 1. The van der Waals surface area contributed by atoms with E-state index in [0.717, 1.165) is 34.8 Å². The number of benzene rings is 1. The minimum absolute atomic E-state index is 0.143. The molecule has 2 heterocycles. The Balaban J connectivity index is 2.05. The molecule has 0 spiro atoms. The van der Waals surface area contributed by atoms with Crippen LogP contribution in [0, 0.1) is 6.92 Å². The van der Waals surface area contributed by atoms with Gasteiger partial charge in [-0.05, 0) is 53.7 Å². The number of hydrogen-bond donors (Lipinski definition) is 1. The summed E-state index contributed by atoms with van der Waals surface area (Å²) in [6.07, 6.45) is 1.49. The predicted octanol–water partition coefficient (Wildman–Crippen LogP) is 4.27. The molecule has 1 unspecified atom stereocenters. The smallest absolute Gasteiger partial charge is 0.163 e. The summed E-state index contributed by atoms with van der Waals surface area (Å²) in [6.45, 7) is 3.90. The second kappa shape index (κ2) is 5.05. The van der Waals surface area contributed by atoms with Crippen LogP contribution in [0.4, 0.5) is 5.69 Å². The minimum Gasteiger partial charge on any atom is -0.506 e. The first-order chi connectivity index (χ1) is 9.56. The van der Waals surface area contributed by atoms with Crippen molar-refractivity contribution in [2.75, 3.05) is 0 Å². The number of aliphatic imine (C=N–C) groups is 1. The van der Waals surface area contributed by atoms with Crippen molar-refractivity contribution in [3.63, 3.8) is 0 Å². The molecule has 2 aromatic rings. The lowest BCUT2D eigenvalue weighted by Gasteiger charge is -2.16. The van der Waals surface area contributed by atoms with Crippen LogP contribution in [0.5, 0.6) is 5.75 Å². The van der Waals surface area contributed by atoms with E-state index in [0.29, 0.717) is 16.6 Å². The fraction of sp³-hybridized carbons (Fsp3) is 0.333. The average molecular weight is 335 g/mol. The van der Waals surface area contributed by atoms with E-state index in [9.17, 15) is 5.11 Å². The number of aryl methyl sites for hydroxylation is 1. The van der Waals surface area contributed by atoms with E-state index in [4.69, 9.17) is 4.52 Å². The summed E-state index contributed by atoms with van der Waals surface area (Å²) in [6, 6.07) is 5.72. The molecule has 0 radical (unpaired) electrons. The number of aromatic nitrogens is 1. The summed E-state index contributed by atoms with van der Waals surface area (Å²) in [5.74, 6) is 1.23. The number of phenols is 1. The molecule has 1 N–H and O–H groups in total. The van der Waals surface area contributed by atoms with Gasteiger partial charge >= 0.3 is 0 Å². The van der Waals surface area contributed by atoms with Gasteiger partial charge in [0.05, 0.1) is 4.47 Å². The number of aromatic hydroxyl groups is 1. The van der Waals surface area contributed by atoms with Crippen LogP contribution in [0.2, 0.25) is 0 Å². The lowest BCUT2D eigenvalue weighted by molar-refractivity contribution is 0.371. The molecule has 0 bridgehead atoms.